The van der Waals surface area contributed by atoms with E-state index in [1.165, 1.54) is 0 Å². The molecule has 0 bridgehead atoms. The second-order valence-corrected chi connectivity index (χ2v) is 4.49. The first kappa shape index (κ1) is 11.1. The number of primary amides is 1. The van der Waals surface area contributed by atoms with E-state index in [-0.39, 0.29) is 5.91 Å². The van der Waals surface area contributed by atoms with Gasteiger partial charge in [0.15, 0.2) is 0 Å². The number of benzene rings is 1. The Bertz CT molecular complexity index is 347. The fraction of sp³-hybridized carbons (Fsp3) is 0.364. The second kappa shape index (κ2) is 4.01. The van der Waals surface area contributed by atoms with E-state index in [1.54, 1.807) is 0 Å². The van der Waals surface area contributed by atoms with Crippen molar-refractivity contribution in [2.45, 2.75) is 20.3 Å². The number of rotatable bonds is 3. The lowest BCUT2D eigenvalue weighted by atomic mass is 9.85. The molecule has 2 nitrogen and oxygen atoms in total. The Morgan fingerprint density at radius 1 is 1.50 bits per heavy atom. The predicted molar refractivity (Wildman–Crippen MR) is 58.1 cm³/mol. The van der Waals surface area contributed by atoms with Gasteiger partial charge in [-0.1, -0.05) is 37.6 Å². The highest BCUT2D eigenvalue weighted by atomic mass is 35.5. The molecule has 3 heteroatoms. The summed E-state index contributed by atoms with van der Waals surface area (Å²) < 4.78 is 0. The van der Waals surface area contributed by atoms with E-state index in [2.05, 4.69) is 0 Å². The summed E-state index contributed by atoms with van der Waals surface area (Å²) in [7, 11) is 0. The maximum atomic E-state index is 11.1. The van der Waals surface area contributed by atoms with Crippen LogP contribution in [0.5, 0.6) is 0 Å². The third-order valence-electron chi connectivity index (χ3n) is 2.20. The monoisotopic (exact) mass is 211 g/mol. The van der Waals surface area contributed by atoms with Crippen LogP contribution in [-0.4, -0.2) is 5.91 Å². The number of carbonyl (C=O) groups excluding carboxylic acids is 1. The highest BCUT2D eigenvalue weighted by molar-refractivity contribution is 6.30. The quantitative estimate of drug-likeness (QED) is 0.820. The second-order valence-electron chi connectivity index (χ2n) is 4.05. The minimum absolute atomic E-state index is 0.294. The van der Waals surface area contributed by atoms with Crippen LogP contribution in [-0.2, 0) is 11.2 Å². The van der Waals surface area contributed by atoms with Gasteiger partial charge in [0.1, 0.15) is 0 Å². The summed E-state index contributed by atoms with van der Waals surface area (Å²) in [6, 6.07) is 7.47. The molecular weight excluding hydrogens is 198 g/mol. The van der Waals surface area contributed by atoms with E-state index >= 15 is 0 Å². The number of amides is 1. The third-order valence-corrected chi connectivity index (χ3v) is 2.44. The van der Waals surface area contributed by atoms with E-state index in [0.717, 1.165) is 5.56 Å². The lowest BCUT2D eigenvalue weighted by Crippen LogP contribution is -2.33. The first-order chi connectivity index (χ1) is 6.42. The summed E-state index contributed by atoms with van der Waals surface area (Å²) in [5, 5.41) is 0.683. The van der Waals surface area contributed by atoms with Crippen molar-refractivity contribution in [2.75, 3.05) is 0 Å². The van der Waals surface area contributed by atoms with Crippen LogP contribution < -0.4 is 5.73 Å². The smallest absolute Gasteiger partial charge is 0.223 e. The van der Waals surface area contributed by atoms with Crippen molar-refractivity contribution < 1.29 is 4.79 Å². The number of nitrogens with two attached hydrogens (primary N) is 1. The van der Waals surface area contributed by atoms with E-state index in [9.17, 15) is 4.79 Å². The molecule has 0 radical (unpaired) electrons. The first-order valence-corrected chi connectivity index (χ1v) is 4.84. The topological polar surface area (TPSA) is 43.1 Å². The molecule has 0 unspecified atom stereocenters. The molecule has 0 aliphatic heterocycles. The molecule has 0 aliphatic carbocycles. The van der Waals surface area contributed by atoms with Crippen molar-refractivity contribution in [3.05, 3.63) is 34.9 Å². The van der Waals surface area contributed by atoms with Crippen LogP contribution in [0.4, 0.5) is 0 Å². The van der Waals surface area contributed by atoms with Crippen molar-refractivity contribution in [3.63, 3.8) is 0 Å². The Labute approximate surface area is 89.1 Å². The van der Waals surface area contributed by atoms with Crippen LogP contribution in [0.2, 0.25) is 5.02 Å². The average Bonchev–Trinajstić information content (AvgIpc) is 2.02. The molecule has 0 saturated carbocycles. The van der Waals surface area contributed by atoms with E-state index in [0.29, 0.717) is 11.4 Å². The Morgan fingerprint density at radius 2 is 2.14 bits per heavy atom. The van der Waals surface area contributed by atoms with E-state index < -0.39 is 5.41 Å². The maximum Gasteiger partial charge on any atom is 0.223 e. The van der Waals surface area contributed by atoms with Gasteiger partial charge in [-0.05, 0) is 24.1 Å². The van der Waals surface area contributed by atoms with Crippen molar-refractivity contribution in [2.24, 2.45) is 11.1 Å². The molecule has 14 heavy (non-hydrogen) atoms. The van der Waals surface area contributed by atoms with Crippen LogP contribution in [0.25, 0.3) is 0 Å². The van der Waals surface area contributed by atoms with Gasteiger partial charge >= 0.3 is 0 Å². The van der Waals surface area contributed by atoms with Crippen LogP contribution in [0.1, 0.15) is 19.4 Å². The van der Waals surface area contributed by atoms with Gasteiger partial charge in [0, 0.05) is 10.4 Å². The minimum atomic E-state index is -0.523. The van der Waals surface area contributed by atoms with Crippen LogP contribution in [0.3, 0.4) is 0 Å². The van der Waals surface area contributed by atoms with Gasteiger partial charge in [0.25, 0.3) is 0 Å². The summed E-state index contributed by atoms with van der Waals surface area (Å²) in [6.07, 6.45) is 0.614. The number of carbonyl (C=O) groups is 1. The van der Waals surface area contributed by atoms with Gasteiger partial charge in [0.05, 0.1) is 0 Å². The Morgan fingerprint density at radius 3 is 2.64 bits per heavy atom. The number of hydrogen-bond donors (Lipinski definition) is 1. The van der Waals surface area contributed by atoms with Gasteiger partial charge in [0.2, 0.25) is 5.91 Å². The number of halogens is 1. The molecule has 1 aromatic carbocycles. The molecule has 1 amide bonds. The molecule has 2 N–H and O–H groups in total. The Balaban J connectivity index is 2.83. The minimum Gasteiger partial charge on any atom is -0.369 e. The SMILES string of the molecule is CC(C)(Cc1cccc(Cl)c1)C(N)=O. The molecule has 0 fully saturated rings. The van der Waals surface area contributed by atoms with E-state index in [4.69, 9.17) is 17.3 Å². The molecular formula is C11H14ClNO. The van der Waals surface area contributed by atoms with Gasteiger partial charge in [-0.25, -0.2) is 0 Å². The molecule has 1 rings (SSSR count). The zero-order valence-electron chi connectivity index (χ0n) is 8.38. The van der Waals surface area contributed by atoms with Gasteiger partial charge in [-0.15, -0.1) is 0 Å². The highest BCUT2D eigenvalue weighted by Crippen LogP contribution is 2.22. The average molecular weight is 212 g/mol. The van der Waals surface area contributed by atoms with Gasteiger partial charge < -0.3 is 5.73 Å². The molecule has 0 saturated heterocycles. The van der Waals surface area contributed by atoms with Crippen molar-refractivity contribution in [1.29, 1.82) is 0 Å². The fourth-order valence-corrected chi connectivity index (χ4v) is 1.46. The summed E-state index contributed by atoms with van der Waals surface area (Å²) in [5.41, 5.74) is 5.79. The highest BCUT2D eigenvalue weighted by Gasteiger charge is 2.24. The molecule has 0 atom stereocenters. The summed E-state index contributed by atoms with van der Waals surface area (Å²) >= 11 is 5.84. The maximum absolute atomic E-state index is 11.1. The molecule has 0 heterocycles. The van der Waals surface area contributed by atoms with Crippen LogP contribution in [0.15, 0.2) is 24.3 Å². The molecule has 0 aromatic heterocycles. The zero-order chi connectivity index (χ0) is 10.8. The van der Waals surface area contributed by atoms with E-state index in [1.807, 2.05) is 38.1 Å². The van der Waals surface area contributed by atoms with Crippen molar-refractivity contribution in [3.8, 4) is 0 Å². The molecule has 1 aromatic rings. The van der Waals surface area contributed by atoms with Gasteiger partial charge in [-0.3, -0.25) is 4.79 Å². The van der Waals surface area contributed by atoms with Gasteiger partial charge in [-0.2, -0.15) is 0 Å². The Hall–Kier alpha value is -1.02. The third kappa shape index (κ3) is 2.74. The standard InChI is InChI=1S/C11H14ClNO/c1-11(2,10(13)14)7-8-4-3-5-9(12)6-8/h3-6H,7H2,1-2H3,(H2,13,14). The molecule has 0 aliphatic rings. The largest absolute Gasteiger partial charge is 0.369 e. The normalized spacial score (nSPS) is 11.4. The lowest BCUT2D eigenvalue weighted by molar-refractivity contribution is -0.125. The lowest BCUT2D eigenvalue weighted by Gasteiger charge is -2.20. The molecule has 76 valence electrons. The fourth-order valence-electron chi connectivity index (χ4n) is 1.24. The molecule has 0 spiro atoms. The summed E-state index contributed by atoms with van der Waals surface area (Å²) in [5.74, 6) is -0.294. The Kier molecular flexibility index (Phi) is 3.17. The van der Waals surface area contributed by atoms with Crippen molar-refractivity contribution >= 4 is 17.5 Å². The summed E-state index contributed by atoms with van der Waals surface area (Å²) in [4.78, 5) is 11.1. The zero-order valence-corrected chi connectivity index (χ0v) is 9.14. The number of hydrogen-bond acceptors (Lipinski definition) is 1. The first-order valence-electron chi connectivity index (χ1n) is 4.46. The predicted octanol–water partition coefficient (Wildman–Crippen LogP) is 2.39. The van der Waals surface area contributed by atoms with Crippen LogP contribution in [0, 0.1) is 5.41 Å². The van der Waals surface area contributed by atoms with Crippen molar-refractivity contribution in [1.82, 2.24) is 0 Å². The summed E-state index contributed by atoms with van der Waals surface area (Å²) in [6.45, 7) is 3.66. The van der Waals surface area contributed by atoms with Crippen LogP contribution >= 0.6 is 11.6 Å².